The van der Waals surface area contributed by atoms with Crippen LogP contribution in [0.3, 0.4) is 0 Å². The van der Waals surface area contributed by atoms with Gasteiger partial charge in [0.25, 0.3) is 5.56 Å². The molecule has 0 unspecified atom stereocenters. The van der Waals surface area contributed by atoms with Crippen LogP contribution in [0.4, 0.5) is 0 Å². The standard InChI is InChI=1S/C6H7N5O/c1-2-11-3-7-5-4(11)6(12)9-10-8-5/h3H,2H2,1H3,(H,8,9,12). The van der Waals surface area contributed by atoms with Gasteiger partial charge in [0.2, 0.25) is 5.65 Å². The summed E-state index contributed by atoms with van der Waals surface area (Å²) in [4.78, 5) is 15.1. The minimum Gasteiger partial charge on any atom is -0.325 e. The first-order valence-electron chi connectivity index (χ1n) is 3.59. The molecule has 2 rings (SSSR count). The number of nitrogens with zero attached hydrogens (tertiary/aromatic N) is 4. The molecule has 0 spiro atoms. The van der Waals surface area contributed by atoms with Crippen LogP contribution >= 0.6 is 0 Å². The maximum atomic E-state index is 11.2. The molecule has 0 atom stereocenters. The third kappa shape index (κ3) is 0.810. The van der Waals surface area contributed by atoms with Crippen LogP contribution in [0.1, 0.15) is 6.92 Å². The Morgan fingerprint density at radius 2 is 2.50 bits per heavy atom. The van der Waals surface area contributed by atoms with Crippen molar-refractivity contribution >= 4 is 11.2 Å². The number of aromatic amines is 1. The van der Waals surface area contributed by atoms with E-state index in [4.69, 9.17) is 0 Å². The van der Waals surface area contributed by atoms with Crippen molar-refractivity contribution in [1.82, 2.24) is 25.0 Å². The fraction of sp³-hybridized carbons (Fsp3) is 0.333. The molecule has 0 radical (unpaired) electrons. The van der Waals surface area contributed by atoms with Gasteiger partial charge in [-0.05, 0) is 6.92 Å². The van der Waals surface area contributed by atoms with Gasteiger partial charge in [0.15, 0.2) is 5.52 Å². The van der Waals surface area contributed by atoms with Crippen LogP contribution < -0.4 is 5.56 Å². The van der Waals surface area contributed by atoms with Gasteiger partial charge in [0, 0.05) is 6.54 Å². The molecule has 6 nitrogen and oxygen atoms in total. The Morgan fingerprint density at radius 1 is 1.67 bits per heavy atom. The minimum atomic E-state index is -0.251. The number of hydrogen-bond donors (Lipinski definition) is 1. The van der Waals surface area contributed by atoms with E-state index in [9.17, 15) is 4.79 Å². The van der Waals surface area contributed by atoms with Gasteiger partial charge in [-0.25, -0.2) is 10.1 Å². The van der Waals surface area contributed by atoms with Crippen molar-refractivity contribution in [1.29, 1.82) is 0 Å². The molecular formula is C6H7N5O. The van der Waals surface area contributed by atoms with Gasteiger partial charge < -0.3 is 4.57 Å². The number of imidazole rings is 1. The molecule has 6 heteroatoms. The molecule has 2 aromatic heterocycles. The number of H-pyrrole nitrogens is 1. The zero-order valence-electron chi connectivity index (χ0n) is 6.48. The first-order valence-corrected chi connectivity index (χ1v) is 3.59. The summed E-state index contributed by atoms with van der Waals surface area (Å²) in [6, 6.07) is 0. The Bertz CT molecular complexity index is 456. The number of hydrogen-bond acceptors (Lipinski definition) is 4. The maximum absolute atomic E-state index is 11.2. The van der Waals surface area contributed by atoms with Crippen molar-refractivity contribution in [2.75, 3.05) is 0 Å². The van der Waals surface area contributed by atoms with Crippen molar-refractivity contribution in [2.24, 2.45) is 0 Å². The van der Waals surface area contributed by atoms with Gasteiger partial charge >= 0.3 is 0 Å². The number of aryl methyl sites for hydroxylation is 1. The average molecular weight is 165 g/mol. The topological polar surface area (TPSA) is 76.5 Å². The van der Waals surface area contributed by atoms with Gasteiger partial charge in [-0.3, -0.25) is 4.79 Å². The normalized spacial score (nSPS) is 10.8. The van der Waals surface area contributed by atoms with Crippen LogP contribution in [0, 0.1) is 0 Å². The summed E-state index contributed by atoms with van der Waals surface area (Å²) >= 11 is 0. The summed E-state index contributed by atoms with van der Waals surface area (Å²) in [5, 5.41) is 9.33. The summed E-state index contributed by atoms with van der Waals surface area (Å²) in [7, 11) is 0. The molecule has 0 saturated heterocycles. The van der Waals surface area contributed by atoms with Crippen LogP contribution in [0.15, 0.2) is 11.1 Å². The van der Waals surface area contributed by atoms with Crippen LogP contribution in [-0.2, 0) is 6.54 Å². The second-order valence-corrected chi connectivity index (χ2v) is 2.34. The van der Waals surface area contributed by atoms with E-state index in [2.05, 4.69) is 20.4 Å². The summed E-state index contributed by atoms with van der Waals surface area (Å²) in [6.07, 6.45) is 1.58. The Kier molecular flexibility index (Phi) is 1.39. The highest BCUT2D eigenvalue weighted by Crippen LogP contribution is 2.01. The summed E-state index contributed by atoms with van der Waals surface area (Å²) < 4.78 is 1.73. The lowest BCUT2D eigenvalue weighted by atomic mass is 10.5. The monoisotopic (exact) mass is 165 g/mol. The summed E-state index contributed by atoms with van der Waals surface area (Å²) in [5.74, 6) is 0. The van der Waals surface area contributed by atoms with Crippen molar-refractivity contribution < 1.29 is 0 Å². The van der Waals surface area contributed by atoms with Gasteiger partial charge in [-0.2, -0.15) is 0 Å². The van der Waals surface area contributed by atoms with Gasteiger partial charge in [0.05, 0.1) is 6.33 Å². The van der Waals surface area contributed by atoms with E-state index in [-0.39, 0.29) is 5.56 Å². The molecule has 1 N–H and O–H groups in total. The first kappa shape index (κ1) is 6.96. The Morgan fingerprint density at radius 3 is 3.25 bits per heavy atom. The predicted molar refractivity (Wildman–Crippen MR) is 41.6 cm³/mol. The van der Waals surface area contributed by atoms with Crippen LogP contribution in [0.25, 0.3) is 11.2 Å². The molecule has 0 aliphatic carbocycles. The van der Waals surface area contributed by atoms with E-state index >= 15 is 0 Å². The molecule has 0 aliphatic heterocycles. The zero-order valence-corrected chi connectivity index (χ0v) is 6.48. The fourth-order valence-corrected chi connectivity index (χ4v) is 1.09. The number of fused-ring (bicyclic) bond motifs is 1. The van der Waals surface area contributed by atoms with E-state index in [1.807, 2.05) is 6.92 Å². The van der Waals surface area contributed by atoms with Crippen LogP contribution in [-0.4, -0.2) is 25.0 Å². The lowest BCUT2D eigenvalue weighted by Gasteiger charge is -1.94. The van der Waals surface area contributed by atoms with E-state index in [1.54, 1.807) is 10.9 Å². The molecule has 0 aliphatic rings. The highest BCUT2D eigenvalue weighted by atomic mass is 16.1. The third-order valence-electron chi connectivity index (χ3n) is 1.67. The molecule has 0 bridgehead atoms. The van der Waals surface area contributed by atoms with Crippen molar-refractivity contribution in [3.8, 4) is 0 Å². The minimum absolute atomic E-state index is 0.251. The molecular weight excluding hydrogens is 158 g/mol. The first-order chi connectivity index (χ1) is 5.83. The predicted octanol–water partition coefficient (Wildman–Crippen LogP) is -0.465. The Labute approximate surface area is 67.2 Å². The zero-order chi connectivity index (χ0) is 8.55. The SMILES string of the molecule is CCn1cnc2nn[nH]c(=O)c21. The number of rotatable bonds is 1. The van der Waals surface area contributed by atoms with Crippen molar-refractivity contribution in [3.63, 3.8) is 0 Å². The lowest BCUT2D eigenvalue weighted by Crippen LogP contribution is -2.12. The van der Waals surface area contributed by atoms with E-state index in [0.717, 1.165) is 0 Å². The quantitative estimate of drug-likeness (QED) is 0.620. The Hall–Kier alpha value is -1.72. The van der Waals surface area contributed by atoms with Crippen molar-refractivity contribution in [2.45, 2.75) is 13.5 Å². The highest BCUT2D eigenvalue weighted by Gasteiger charge is 2.05. The van der Waals surface area contributed by atoms with Crippen LogP contribution in [0.2, 0.25) is 0 Å². The summed E-state index contributed by atoms with van der Waals surface area (Å²) in [6.45, 7) is 2.63. The maximum Gasteiger partial charge on any atom is 0.293 e. The van der Waals surface area contributed by atoms with Crippen molar-refractivity contribution in [3.05, 3.63) is 16.7 Å². The number of nitrogens with one attached hydrogen (secondary N) is 1. The molecule has 2 aromatic rings. The molecule has 0 amide bonds. The smallest absolute Gasteiger partial charge is 0.293 e. The number of aromatic nitrogens is 5. The largest absolute Gasteiger partial charge is 0.325 e. The second-order valence-electron chi connectivity index (χ2n) is 2.34. The van der Waals surface area contributed by atoms with Gasteiger partial charge in [-0.1, -0.05) is 5.21 Å². The van der Waals surface area contributed by atoms with E-state index < -0.39 is 0 Å². The van der Waals surface area contributed by atoms with E-state index in [1.165, 1.54) is 0 Å². The molecule has 62 valence electrons. The Balaban J connectivity index is 2.92. The molecule has 2 heterocycles. The lowest BCUT2D eigenvalue weighted by molar-refractivity contribution is 0.776. The summed E-state index contributed by atoms with van der Waals surface area (Å²) in [5.41, 5.74) is 0.618. The fourth-order valence-electron chi connectivity index (χ4n) is 1.09. The van der Waals surface area contributed by atoms with E-state index in [0.29, 0.717) is 17.7 Å². The molecule has 12 heavy (non-hydrogen) atoms. The molecule has 0 fully saturated rings. The van der Waals surface area contributed by atoms with Gasteiger partial charge in [0.1, 0.15) is 0 Å². The third-order valence-corrected chi connectivity index (χ3v) is 1.67. The van der Waals surface area contributed by atoms with Gasteiger partial charge in [-0.15, -0.1) is 5.10 Å². The molecule has 0 aromatic carbocycles. The highest BCUT2D eigenvalue weighted by molar-refractivity contribution is 5.68. The molecule has 0 saturated carbocycles. The average Bonchev–Trinajstić information content (AvgIpc) is 2.49. The second kappa shape index (κ2) is 2.40. The van der Waals surface area contributed by atoms with Crippen LogP contribution in [0.5, 0.6) is 0 Å².